The van der Waals surface area contributed by atoms with E-state index in [0.29, 0.717) is 5.69 Å². The maximum atomic E-state index is 13.3. The molecule has 1 N–H and O–H groups in total. The summed E-state index contributed by atoms with van der Waals surface area (Å²) in [5.41, 5.74) is 1.14. The molecule has 2 aliphatic carbocycles. The van der Waals surface area contributed by atoms with Crippen LogP contribution < -0.4 is 5.32 Å². The van der Waals surface area contributed by atoms with E-state index in [1.165, 1.54) is 24.3 Å². The fourth-order valence-corrected chi connectivity index (χ4v) is 5.82. The zero-order chi connectivity index (χ0) is 23.8. The molecule has 7 nitrogen and oxygen atoms in total. The summed E-state index contributed by atoms with van der Waals surface area (Å²) in [6, 6.07) is 13.2. The number of fused-ring (bicyclic) bond motifs is 5. The fourth-order valence-electron chi connectivity index (χ4n) is 5.82. The Morgan fingerprint density at radius 3 is 2.21 bits per heavy atom. The number of ether oxygens (including phenoxy) is 1. The van der Waals surface area contributed by atoms with Gasteiger partial charge in [-0.05, 0) is 60.9 Å². The molecule has 0 unspecified atom stereocenters. The molecule has 0 aromatic heterocycles. The van der Waals surface area contributed by atoms with Crippen molar-refractivity contribution in [1.29, 1.82) is 0 Å². The number of hydrogen-bond acceptors (Lipinski definition) is 5. The lowest BCUT2D eigenvalue weighted by molar-refractivity contribution is -0.160. The van der Waals surface area contributed by atoms with Crippen molar-refractivity contribution in [2.75, 3.05) is 11.9 Å². The summed E-state index contributed by atoms with van der Waals surface area (Å²) in [6.45, 7) is -0.587. The molecule has 8 heteroatoms. The molecular formula is C26H25FN2O5. The first-order valence-electron chi connectivity index (χ1n) is 11.6. The molecule has 34 heavy (non-hydrogen) atoms. The van der Waals surface area contributed by atoms with E-state index in [4.69, 9.17) is 4.74 Å². The third-order valence-electron chi connectivity index (χ3n) is 7.29. The van der Waals surface area contributed by atoms with Crippen molar-refractivity contribution in [2.45, 2.75) is 31.7 Å². The summed E-state index contributed by atoms with van der Waals surface area (Å²) < 4.78 is 18.3. The quantitative estimate of drug-likeness (QED) is 0.503. The predicted octanol–water partition coefficient (Wildman–Crippen LogP) is 2.95. The minimum atomic E-state index is -1.13. The average molecular weight is 464 g/mol. The van der Waals surface area contributed by atoms with E-state index >= 15 is 0 Å². The van der Waals surface area contributed by atoms with Gasteiger partial charge >= 0.3 is 5.97 Å². The molecule has 3 aliphatic rings. The van der Waals surface area contributed by atoms with Crippen molar-refractivity contribution in [3.63, 3.8) is 0 Å². The number of carbonyl (C=O) groups is 4. The molecular weight excluding hydrogens is 439 g/mol. The zero-order valence-corrected chi connectivity index (χ0v) is 18.5. The Hall–Kier alpha value is -3.55. The highest BCUT2D eigenvalue weighted by Crippen LogP contribution is 2.56. The Morgan fingerprint density at radius 2 is 1.59 bits per heavy atom. The highest BCUT2D eigenvalue weighted by Gasteiger charge is 2.62. The SMILES string of the molecule is O=C(COC(=O)[C@H](Cc1ccccc1)N1C(=O)[C@@H]2[C@H]3CC[C@@H](C3)[C@@H]2C1=O)Nc1ccc(F)cc1. The van der Waals surface area contributed by atoms with Gasteiger partial charge in [-0.1, -0.05) is 30.3 Å². The van der Waals surface area contributed by atoms with E-state index in [9.17, 15) is 23.6 Å². The number of nitrogens with one attached hydrogen (secondary N) is 1. The molecule has 1 saturated heterocycles. The van der Waals surface area contributed by atoms with Crippen molar-refractivity contribution < 1.29 is 28.3 Å². The fraction of sp³-hybridized carbons (Fsp3) is 0.385. The van der Waals surface area contributed by atoms with E-state index in [1.54, 1.807) is 0 Å². The number of hydrogen-bond donors (Lipinski definition) is 1. The Kier molecular flexibility index (Phi) is 5.89. The van der Waals surface area contributed by atoms with Gasteiger partial charge in [-0.15, -0.1) is 0 Å². The van der Waals surface area contributed by atoms with Gasteiger partial charge in [0.25, 0.3) is 5.91 Å². The van der Waals surface area contributed by atoms with E-state index in [1.807, 2.05) is 30.3 Å². The lowest BCUT2D eigenvalue weighted by atomic mass is 9.81. The molecule has 5 rings (SSSR count). The van der Waals surface area contributed by atoms with Gasteiger partial charge in [0, 0.05) is 12.1 Å². The van der Waals surface area contributed by atoms with Crippen LogP contribution in [0.5, 0.6) is 0 Å². The van der Waals surface area contributed by atoms with Crippen molar-refractivity contribution in [3.8, 4) is 0 Å². The monoisotopic (exact) mass is 464 g/mol. The number of nitrogens with zero attached hydrogens (tertiary/aromatic N) is 1. The Bertz CT molecular complexity index is 1090. The maximum Gasteiger partial charge on any atom is 0.330 e. The first kappa shape index (κ1) is 22.3. The number of anilines is 1. The molecule has 3 amide bonds. The molecule has 1 aliphatic heterocycles. The number of halogens is 1. The molecule has 2 aromatic rings. The third-order valence-corrected chi connectivity index (χ3v) is 7.29. The van der Waals surface area contributed by atoms with Crippen LogP contribution in [-0.4, -0.2) is 41.2 Å². The van der Waals surface area contributed by atoms with Crippen LogP contribution in [0.2, 0.25) is 0 Å². The number of esters is 1. The minimum absolute atomic E-state index is 0.117. The van der Waals surface area contributed by atoms with Crippen LogP contribution in [0.3, 0.4) is 0 Å². The van der Waals surface area contributed by atoms with Crippen molar-refractivity contribution in [2.24, 2.45) is 23.7 Å². The van der Waals surface area contributed by atoms with Gasteiger partial charge in [-0.3, -0.25) is 19.3 Å². The van der Waals surface area contributed by atoms with Gasteiger partial charge in [0.2, 0.25) is 11.8 Å². The summed E-state index contributed by atoms with van der Waals surface area (Å²) in [4.78, 5) is 53.1. The van der Waals surface area contributed by atoms with Gasteiger partial charge < -0.3 is 10.1 Å². The number of rotatable bonds is 7. The molecule has 176 valence electrons. The van der Waals surface area contributed by atoms with Gasteiger partial charge in [-0.2, -0.15) is 0 Å². The Labute approximate surface area is 196 Å². The molecule has 2 aromatic carbocycles. The highest BCUT2D eigenvalue weighted by atomic mass is 19.1. The second-order valence-electron chi connectivity index (χ2n) is 9.30. The molecule has 2 saturated carbocycles. The summed E-state index contributed by atoms with van der Waals surface area (Å²) >= 11 is 0. The largest absolute Gasteiger partial charge is 0.454 e. The molecule has 5 atom stereocenters. The summed E-state index contributed by atoms with van der Waals surface area (Å²) in [5.74, 6) is -2.73. The van der Waals surface area contributed by atoms with Crippen LogP contribution >= 0.6 is 0 Å². The van der Waals surface area contributed by atoms with Crippen molar-refractivity contribution in [3.05, 3.63) is 66.0 Å². The minimum Gasteiger partial charge on any atom is -0.454 e. The molecule has 2 bridgehead atoms. The topological polar surface area (TPSA) is 92.8 Å². The predicted molar refractivity (Wildman–Crippen MR) is 120 cm³/mol. The zero-order valence-electron chi connectivity index (χ0n) is 18.5. The first-order chi connectivity index (χ1) is 16.4. The van der Waals surface area contributed by atoms with E-state index in [-0.39, 0.29) is 41.9 Å². The van der Waals surface area contributed by atoms with Gasteiger partial charge in [-0.25, -0.2) is 9.18 Å². The smallest absolute Gasteiger partial charge is 0.330 e. The standard InChI is InChI=1S/C26H25FN2O5/c27-18-8-10-19(11-9-18)28-21(30)14-34-26(33)20(12-15-4-2-1-3-5-15)29-24(31)22-16-6-7-17(13-16)23(22)25(29)32/h1-5,8-11,16-17,20,22-23H,6-7,12-14H2,(H,28,30)/t16-,17-,20-,22-,23+/m0/s1. The van der Waals surface area contributed by atoms with Crippen LogP contribution in [0.4, 0.5) is 10.1 Å². The van der Waals surface area contributed by atoms with Crippen LogP contribution in [-0.2, 0) is 30.3 Å². The third kappa shape index (κ3) is 4.08. The van der Waals surface area contributed by atoms with Crippen molar-refractivity contribution in [1.82, 2.24) is 4.90 Å². The van der Waals surface area contributed by atoms with Crippen LogP contribution in [0.1, 0.15) is 24.8 Å². The van der Waals surface area contributed by atoms with Crippen LogP contribution in [0.25, 0.3) is 0 Å². The molecule has 0 radical (unpaired) electrons. The van der Waals surface area contributed by atoms with Gasteiger partial charge in [0.1, 0.15) is 11.9 Å². The molecule has 1 heterocycles. The lowest BCUT2D eigenvalue weighted by Crippen LogP contribution is -2.48. The highest BCUT2D eigenvalue weighted by molar-refractivity contribution is 6.08. The summed E-state index contributed by atoms with van der Waals surface area (Å²) in [6.07, 6.45) is 2.90. The van der Waals surface area contributed by atoms with Crippen LogP contribution in [0, 0.1) is 29.5 Å². The summed E-state index contributed by atoms with van der Waals surface area (Å²) in [7, 11) is 0. The van der Waals surface area contributed by atoms with E-state index in [0.717, 1.165) is 29.7 Å². The average Bonchev–Trinajstić information content (AvgIpc) is 3.52. The second-order valence-corrected chi connectivity index (χ2v) is 9.30. The lowest BCUT2D eigenvalue weighted by Gasteiger charge is -2.26. The second kappa shape index (κ2) is 9.00. The number of benzene rings is 2. The summed E-state index contributed by atoms with van der Waals surface area (Å²) in [5, 5.41) is 2.52. The first-order valence-corrected chi connectivity index (χ1v) is 11.6. The molecule has 3 fully saturated rings. The number of likely N-dealkylation sites (tertiary alicyclic amines) is 1. The maximum absolute atomic E-state index is 13.3. The number of carbonyl (C=O) groups excluding carboxylic acids is 4. The van der Waals surface area contributed by atoms with E-state index in [2.05, 4.69) is 5.32 Å². The van der Waals surface area contributed by atoms with Gasteiger partial charge in [0.05, 0.1) is 11.8 Å². The van der Waals surface area contributed by atoms with Crippen LogP contribution in [0.15, 0.2) is 54.6 Å². The van der Waals surface area contributed by atoms with Crippen molar-refractivity contribution >= 4 is 29.4 Å². The number of imide groups is 1. The normalized spacial score (nSPS) is 25.9. The molecule has 0 spiro atoms. The van der Waals surface area contributed by atoms with Gasteiger partial charge in [0.15, 0.2) is 6.61 Å². The van der Waals surface area contributed by atoms with E-state index < -0.39 is 30.3 Å². The Morgan fingerprint density at radius 1 is 0.971 bits per heavy atom. The number of amides is 3. The Balaban J connectivity index is 1.31.